The standard InChI is InChI=1S/C11H12O/c1-4-10-7-6-9(3)8-11(10)12-5-2/h1,6-8H,5H2,2-3H3. The second-order valence-corrected chi connectivity index (χ2v) is 2.58. The number of rotatable bonds is 2. The van der Waals surface area contributed by atoms with Crippen LogP contribution in [0.2, 0.25) is 0 Å². The number of hydrogen-bond acceptors (Lipinski definition) is 1. The molecule has 0 heterocycles. The van der Waals surface area contributed by atoms with E-state index < -0.39 is 0 Å². The van der Waals surface area contributed by atoms with Crippen molar-refractivity contribution in [3.63, 3.8) is 0 Å². The van der Waals surface area contributed by atoms with Gasteiger partial charge in [-0.05, 0) is 31.5 Å². The van der Waals surface area contributed by atoms with E-state index in [1.165, 1.54) is 0 Å². The Bertz CT molecular complexity index is 307. The lowest BCUT2D eigenvalue weighted by molar-refractivity contribution is 0.339. The topological polar surface area (TPSA) is 9.23 Å². The summed E-state index contributed by atoms with van der Waals surface area (Å²) in [5.74, 6) is 3.39. The molecule has 1 rings (SSSR count). The van der Waals surface area contributed by atoms with Crippen LogP contribution in [0.1, 0.15) is 18.1 Å². The number of ether oxygens (including phenoxy) is 1. The molecule has 0 amide bonds. The Labute approximate surface area is 73.4 Å². The second kappa shape index (κ2) is 3.82. The van der Waals surface area contributed by atoms with Crippen LogP contribution >= 0.6 is 0 Å². The minimum atomic E-state index is 0.651. The molecule has 1 nitrogen and oxygen atoms in total. The molecule has 0 aliphatic carbocycles. The van der Waals surface area contributed by atoms with Gasteiger partial charge in [-0.2, -0.15) is 0 Å². The predicted octanol–water partition coefficient (Wildman–Crippen LogP) is 2.38. The molecule has 0 spiro atoms. The zero-order valence-corrected chi connectivity index (χ0v) is 7.42. The molecule has 62 valence electrons. The number of terminal acetylenes is 1. The fourth-order valence-corrected chi connectivity index (χ4v) is 1.02. The Hall–Kier alpha value is -1.42. The zero-order valence-electron chi connectivity index (χ0n) is 7.42. The Morgan fingerprint density at radius 2 is 2.25 bits per heavy atom. The Morgan fingerprint density at radius 3 is 2.83 bits per heavy atom. The van der Waals surface area contributed by atoms with Crippen LogP contribution in [0.3, 0.4) is 0 Å². The molecule has 0 saturated heterocycles. The maximum absolute atomic E-state index is 5.37. The summed E-state index contributed by atoms with van der Waals surface area (Å²) in [5, 5.41) is 0. The van der Waals surface area contributed by atoms with Crippen LogP contribution < -0.4 is 4.74 Å². The smallest absolute Gasteiger partial charge is 0.135 e. The minimum absolute atomic E-state index is 0.651. The normalized spacial score (nSPS) is 9.08. The number of benzene rings is 1. The highest BCUT2D eigenvalue weighted by Crippen LogP contribution is 2.18. The molecular formula is C11H12O. The molecule has 0 radical (unpaired) electrons. The second-order valence-electron chi connectivity index (χ2n) is 2.58. The van der Waals surface area contributed by atoms with Gasteiger partial charge in [-0.15, -0.1) is 6.42 Å². The molecule has 1 aromatic carbocycles. The van der Waals surface area contributed by atoms with E-state index in [4.69, 9.17) is 11.2 Å². The fraction of sp³-hybridized carbons (Fsp3) is 0.273. The maximum atomic E-state index is 5.37. The van der Waals surface area contributed by atoms with Crippen molar-refractivity contribution in [1.29, 1.82) is 0 Å². The van der Waals surface area contributed by atoms with Crippen LogP contribution in [-0.2, 0) is 0 Å². The molecular weight excluding hydrogens is 148 g/mol. The van der Waals surface area contributed by atoms with Gasteiger partial charge >= 0.3 is 0 Å². The molecule has 0 aliphatic heterocycles. The average Bonchev–Trinajstić information content (AvgIpc) is 2.05. The molecule has 1 aromatic rings. The quantitative estimate of drug-likeness (QED) is 0.603. The van der Waals surface area contributed by atoms with Crippen LogP contribution in [0.15, 0.2) is 18.2 Å². The highest BCUT2D eigenvalue weighted by molar-refractivity contribution is 5.46. The monoisotopic (exact) mass is 160 g/mol. The van der Waals surface area contributed by atoms with Crippen molar-refractivity contribution >= 4 is 0 Å². The lowest BCUT2D eigenvalue weighted by atomic mass is 10.1. The van der Waals surface area contributed by atoms with Crippen LogP contribution in [-0.4, -0.2) is 6.61 Å². The van der Waals surface area contributed by atoms with Crippen molar-refractivity contribution in [2.75, 3.05) is 6.61 Å². The van der Waals surface area contributed by atoms with Crippen molar-refractivity contribution in [3.8, 4) is 18.1 Å². The van der Waals surface area contributed by atoms with E-state index in [9.17, 15) is 0 Å². The van der Waals surface area contributed by atoms with E-state index in [0.717, 1.165) is 16.9 Å². The fourth-order valence-electron chi connectivity index (χ4n) is 1.02. The van der Waals surface area contributed by atoms with Gasteiger partial charge in [-0.25, -0.2) is 0 Å². The van der Waals surface area contributed by atoms with E-state index in [1.54, 1.807) is 0 Å². The van der Waals surface area contributed by atoms with Crippen LogP contribution in [0, 0.1) is 19.3 Å². The molecule has 12 heavy (non-hydrogen) atoms. The molecule has 0 aliphatic rings. The summed E-state index contributed by atoms with van der Waals surface area (Å²) in [6, 6.07) is 5.84. The number of aryl methyl sites for hydroxylation is 1. The minimum Gasteiger partial charge on any atom is -0.493 e. The molecule has 0 bridgehead atoms. The first-order valence-electron chi connectivity index (χ1n) is 3.98. The molecule has 1 heteroatoms. The highest BCUT2D eigenvalue weighted by Gasteiger charge is 1.99. The van der Waals surface area contributed by atoms with Gasteiger partial charge in [0, 0.05) is 0 Å². The van der Waals surface area contributed by atoms with Crippen molar-refractivity contribution in [2.45, 2.75) is 13.8 Å². The van der Waals surface area contributed by atoms with Crippen LogP contribution in [0.4, 0.5) is 0 Å². The van der Waals surface area contributed by atoms with Crippen molar-refractivity contribution in [2.24, 2.45) is 0 Å². The van der Waals surface area contributed by atoms with E-state index in [-0.39, 0.29) is 0 Å². The molecule has 0 N–H and O–H groups in total. The van der Waals surface area contributed by atoms with Crippen molar-refractivity contribution in [3.05, 3.63) is 29.3 Å². The first-order chi connectivity index (χ1) is 5.77. The van der Waals surface area contributed by atoms with Gasteiger partial charge in [0.2, 0.25) is 0 Å². The summed E-state index contributed by atoms with van der Waals surface area (Å²) in [6.07, 6.45) is 5.30. The van der Waals surface area contributed by atoms with Gasteiger partial charge in [0.1, 0.15) is 5.75 Å². The molecule has 0 unspecified atom stereocenters. The Morgan fingerprint density at radius 1 is 1.50 bits per heavy atom. The van der Waals surface area contributed by atoms with E-state index >= 15 is 0 Å². The summed E-state index contributed by atoms with van der Waals surface area (Å²) in [7, 11) is 0. The van der Waals surface area contributed by atoms with Crippen LogP contribution in [0.5, 0.6) is 5.75 Å². The van der Waals surface area contributed by atoms with Crippen molar-refractivity contribution in [1.82, 2.24) is 0 Å². The third kappa shape index (κ3) is 1.79. The first-order valence-corrected chi connectivity index (χ1v) is 3.98. The Balaban J connectivity index is 3.06. The summed E-state index contributed by atoms with van der Waals surface area (Å²) < 4.78 is 5.37. The lowest BCUT2D eigenvalue weighted by Crippen LogP contribution is -1.94. The molecule has 0 atom stereocenters. The first kappa shape index (κ1) is 8.67. The van der Waals surface area contributed by atoms with Gasteiger partial charge in [0.25, 0.3) is 0 Å². The third-order valence-corrected chi connectivity index (χ3v) is 1.59. The van der Waals surface area contributed by atoms with Crippen molar-refractivity contribution < 1.29 is 4.74 Å². The van der Waals surface area contributed by atoms with E-state index in [2.05, 4.69) is 5.92 Å². The largest absolute Gasteiger partial charge is 0.493 e. The van der Waals surface area contributed by atoms with E-state index in [0.29, 0.717) is 6.61 Å². The number of hydrogen-bond donors (Lipinski definition) is 0. The predicted molar refractivity (Wildman–Crippen MR) is 50.3 cm³/mol. The molecule has 0 fully saturated rings. The van der Waals surface area contributed by atoms with Gasteiger partial charge in [-0.3, -0.25) is 0 Å². The average molecular weight is 160 g/mol. The SMILES string of the molecule is C#Cc1ccc(C)cc1OCC. The summed E-state index contributed by atoms with van der Waals surface area (Å²) >= 11 is 0. The Kier molecular flexibility index (Phi) is 2.76. The summed E-state index contributed by atoms with van der Waals surface area (Å²) in [4.78, 5) is 0. The van der Waals surface area contributed by atoms with E-state index in [1.807, 2.05) is 32.0 Å². The molecule has 0 saturated carbocycles. The summed E-state index contributed by atoms with van der Waals surface area (Å²) in [5.41, 5.74) is 1.99. The zero-order chi connectivity index (χ0) is 8.97. The third-order valence-electron chi connectivity index (χ3n) is 1.59. The van der Waals surface area contributed by atoms with Gasteiger partial charge < -0.3 is 4.74 Å². The van der Waals surface area contributed by atoms with Crippen LogP contribution in [0.25, 0.3) is 0 Å². The van der Waals surface area contributed by atoms with Gasteiger partial charge in [-0.1, -0.05) is 12.0 Å². The maximum Gasteiger partial charge on any atom is 0.135 e. The van der Waals surface area contributed by atoms with Gasteiger partial charge in [0.05, 0.1) is 12.2 Å². The molecule has 0 aromatic heterocycles. The highest BCUT2D eigenvalue weighted by atomic mass is 16.5. The summed E-state index contributed by atoms with van der Waals surface area (Å²) in [6.45, 7) is 4.61. The van der Waals surface area contributed by atoms with Gasteiger partial charge in [0.15, 0.2) is 0 Å². The lowest BCUT2D eigenvalue weighted by Gasteiger charge is -2.06.